The number of alkyl halides is 3. The standard InChI is InChI=1S/C10H11F3N4O4/c11-10(12,13)6-1-2-17(16-6)4-8(19)15-5(9(20)21)3-7(14)18/h1-2,5H,3-4H2,(H2,14,18)(H,15,19)(H,20,21)/t5-/m1/s1. The highest BCUT2D eigenvalue weighted by molar-refractivity contribution is 5.88. The minimum absolute atomic E-state index is 0.626. The number of nitrogens with one attached hydrogen (secondary N) is 1. The molecule has 0 fully saturated rings. The van der Waals surface area contributed by atoms with Crippen molar-refractivity contribution in [2.75, 3.05) is 0 Å². The highest BCUT2D eigenvalue weighted by atomic mass is 19.4. The van der Waals surface area contributed by atoms with Gasteiger partial charge in [0.2, 0.25) is 11.8 Å². The number of aliphatic carboxylic acids is 1. The van der Waals surface area contributed by atoms with Crippen molar-refractivity contribution in [3.8, 4) is 0 Å². The van der Waals surface area contributed by atoms with Gasteiger partial charge >= 0.3 is 12.1 Å². The molecule has 1 aromatic rings. The second kappa shape index (κ2) is 6.24. The fourth-order valence-electron chi connectivity index (χ4n) is 1.39. The van der Waals surface area contributed by atoms with E-state index in [2.05, 4.69) is 5.10 Å². The summed E-state index contributed by atoms with van der Waals surface area (Å²) in [6, 6.07) is -0.876. The normalized spacial score (nSPS) is 12.7. The van der Waals surface area contributed by atoms with E-state index < -0.39 is 48.7 Å². The molecule has 2 amide bonds. The fourth-order valence-corrected chi connectivity index (χ4v) is 1.39. The third-order valence-electron chi connectivity index (χ3n) is 2.28. The van der Waals surface area contributed by atoms with E-state index in [0.29, 0.717) is 10.7 Å². The monoisotopic (exact) mass is 308 g/mol. The third kappa shape index (κ3) is 5.12. The molecule has 0 saturated heterocycles. The number of aromatic nitrogens is 2. The van der Waals surface area contributed by atoms with Gasteiger partial charge in [0.15, 0.2) is 5.69 Å². The molecule has 8 nitrogen and oxygen atoms in total. The summed E-state index contributed by atoms with van der Waals surface area (Å²) in [4.78, 5) is 32.9. The predicted octanol–water partition coefficient (Wildman–Crippen LogP) is -0.653. The number of hydrogen-bond donors (Lipinski definition) is 3. The summed E-state index contributed by atoms with van der Waals surface area (Å²) in [6.07, 6.45) is -4.35. The molecule has 0 aromatic carbocycles. The van der Waals surface area contributed by atoms with Crippen molar-refractivity contribution in [1.82, 2.24) is 15.1 Å². The lowest BCUT2D eigenvalue weighted by molar-refractivity contribution is -0.143. The average molecular weight is 308 g/mol. The number of primary amides is 1. The number of carboxylic acid groups (broad SMARTS) is 1. The molecule has 1 rings (SSSR count). The maximum Gasteiger partial charge on any atom is 0.435 e. The van der Waals surface area contributed by atoms with Crippen molar-refractivity contribution in [3.05, 3.63) is 18.0 Å². The van der Waals surface area contributed by atoms with Gasteiger partial charge in [-0.25, -0.2) is 4.79 Å². The first kappa shape index (κ1) is 16.5. The molecule has 21 heavy (non-hydrogen) atoms. The van der Waals surface area contributed by atoms with Gasteiger partial charge in [-0.15, -0.1) is 0 Å². The molecule has 0 spiro atoms. The van der Waals surface area contributed by atoms with Gasteiger partial charge in [0.25, 0.3) is 0 Å². The quantitative estimate of drug-likeness (QED) is 0.643. The number of carbonyl (C=O) groups excluding carboxylic acids is 2. The molecular formula is C10H11F3N4O4. The number of hydrogen-bond acceptors (Lipinski definition) is 4. The maximum atomic E-state index is 12.3. The van der Waals surface area contributed by atoms with Crippen LogP contribution in [-0.2, 0) is 27.1 Å². The van der Waals surface area contributed by atoms with Gasteiger partial charge in [0.05, 0.1) is 6.42 Å². The van der Waals surface area contributed by atoms with Crippen molar-refractivity contribution >= 4 is 17.8 Å². The van der Waals surface area contributed by atoms with Gasteiger partial charge in [0.1, 0.15) is 12.6 Å². The summed E-state index contributed by atoms with van der Waals surface area (Å²) in [5.41, 5.74) is 3.64. The van der Waals surface area contributed by atoms with Crippen LogP contribution in [-0.4, -0.2) is 38.7 Å². The van der Waals surface area contributed by atoms with Gasteiger partial charge in [-0.05, 0) is 6.07 Å². The largest absolute Gasteiger partial charge is 0.480 e. The van der Waals surface area contributed by atoms with E-state index in [-0.39, 0.29) is 0 Å². The molecule has 0 saturated carbocycles. The van der Waals surface area contributed by atoms with E-state index in [1.165, 1.54) is 0 Å². The minimum Gasteiger partial charge on any atom is -0.480 e. The van der Waals surface area contributed by atoms with Crippen LogP contribution < -0.4 is 11.1 Å². The molecule has 1 aromatic heterocycles. The second-order valence-corrected chi connectivity index (χ2v) is 4.03. The summed E-state index contributed by atoms with van der Waals surface area (Å²) in [7, 11) is 0. The van der Waals surface area contributed by atoms with Gasteiger partial charge < -0.3 is 16.2 Å². The molecule has 1 heterocycles. The molecule has 0 radical (unpaired) electrons. The zero-order chi connectivity index (χ0) is 16.2. The molecule has 0 aliphatic rings. The SMILES string of the molecule is NC(=O)C[C@@H](NC(=O)Cn1ccc(C(F)(F)F)n1)C(=O)O. The van der Waals surface area contributed by atoms with Crippen molar-refractivity contribution < 1.29 is 32.7 Å². The molecule has 116 valence electrons. The van der Waals surface area contributed by atoms with Crippen LogP contribution in [0.5, 0.6) is 0 Å². The van der Waals surface area contributed by atoms with Crippen LogP contribution in [0.15, 0.2) is 12.3 Å². The van der Waals surface area contributed by atoms with Crippen molar-refractivity contribution in [2.24, 2.45) is 5.73 Å². The molecule has 4 N–H and O–H groups in total. The summed E-state index contributed by atoms with van der Waals surface area (Å²) in [5.74, 6) is -3.35. The first-order valence-electron chi connectivity index (χ1n) is 5.50. The van der Waals surface area contributed by atoms with E-state index in [9.17, 15) is 27.6 Å². The van der Waals surface area contributed by atoms with E-state index in [0.717, 1.165) is 6.20 Å². The van der Waals surface area contributed by atoms with Gasteiger partial charge in [-0.3, -0.25) is 14.3 Å². The lowest BCUT2D eigenvalue weighted by Crippen LogP contribution is -2.44. The first-order chi connectivity index (χ1) is 9.59. The van der Waals surface area contributed by atoms with E-state index in [4.69, 9.17) is 10.8 Å². The molecule has 0 aliphatic heterocycles. The number of nitrogens with two attached hydrogens (primary N) is 1. The predicted molar refractivity (Wildman–Crippen MR) is 60.6 cm³/mol. The molecule has 0 aliphatic carbocycles. The van der Waals surface area contributed by atoms with E-state index >= 15 is 0 Å². The summed E-state index contributed by atoms with van der Waals surface area (Å²) in [6.45, 7) is -0.626. The van der Waals surface area contributed by atoms with E-state index in [1.807, 2.05) is 5.32 Å². The van der Waals surface area contributed by atoms with Crippen LogP contribution in [0.2, 0.25) is 0 Å². The van der Waals surface area contributed by atoms with Crippen molar-refractivity contribution in [1.29, 1.82) is 0 Å². The topological polar surface area (TPSA) is 127 Å². The highest BCUT2D eigenvalue weighted by Crippen LogP contribution is 2.27. The number of rotatable bonds is 6. The number of carboxylic acids is 1. The Morgan fingerprint density at radius 3 is 2.48 bits per heavy atom. The Labute approximate surface area is 115 Å². The molecular weight excluding hydrogens is 297 g/mol. The Morgan fingerprint density at radius 2 is 2.05 bits per heavy atom. The molecule has 1 atom stereocenters. The minimum atomic E-state index is -4.64. The number of nitrogens with zero attached hydrogens (tertiary/aromatic N) is 2. The Balaban J connectivity index is 2.66. The second-order valence-electron chi connectivity index (χ2n) is 4.03. The number of amides is 2. The average Bonchev–Trinajstić information content (AvgIpc) is 2.75. The molecule has 0 bridgehead atoms. The van der Waals surface area contributed by atoms with Crippen molar-refractivity contribution in [3.63, 3.8) is 0 Å². The summed E-state index contributed by atoms with van der Waals surface area (Å²) < 4.78 is 37.6. The lowest BCUT2D eigenvalue weighted by Gasteiger charge is -2.12. The van der Waals surface area contributed by atoms with E-state index in [1.54, 1.807) is 0 Å². The Morgan fingerprint density at radius 1 is 1.43 bits per heavy atom. The number of carbonyl (C=O) groups is 3. The van der Waals surface area contributed by atoms with Crippen LogP contribution >= 0.6 is 0 Å². The zero-order valence-electron chi connectivity index (χ0n) is 10.4. The van der Waals surface area contributed by atoms with Crippen LogP contribution in [0.25, 0.3) is 0 Å². The Kier molecular flexibility index (Phi) is 4.89. The summed E-state index contributed by atoms with van der Waals surface area (Å²) in [5, 5.41) is 13.8. The van der Waals surface area contributed by atoms with Gasteiger partial charge in [-0.1, -0.05) is 0 Å². The Bertz CT molecular complexity index is 555. The third-order valence-corrected chi connectivity index (χ3v) is 2.28. The van der Waals surface area contributed by atoms with Crippen LogP contribution in [0.3, 0.4) is 0 Å². The Hall–Kier alpha value is -2.59. The van der Waals surface area contributed by atoms with Gasteiger partial charge in [-0.2, -0.15) is 18.3 Å². The maximum absolute atomic E-state index is 12.3. The van der Waals surface area contributed by atoms with Crippen LogP contribution in [0, 0.1) is 0 Å². The zero-order valence-corrected chi connectivity index (χ0v) is 10.4. The summed E-state index contributed by atoms with van der Waals surface area (Å²) >= 11 is 0. The van der Waals surface area contributed by atoms with Gasteiger partial charge in [0, 0.05) is 6.20 Å². The lowest BCUT2D eigenvalue weighted by atomic mass is 10.2. The van der Waals surface area contributed by atoms with Crippen LogP contribution in [0.1, 0.15) is 12.1 Å². The first-order valence-corrected chi connectivity index (χ1v) is 5.50. The van der Waals surface area contributed by atoms with Crippen LogP contribution in [0.4, 0.5) is 13.2 Å². The van der Waals surface area contributed by atoms with Crippen molar-refractivity contribution in [2.45, 2.75) is 25.2 Å². The molecule has 11 heteroatoms. The smallest absolute Gasteiger partial charge is 0.435 e. The fraction of sp³-hybridized carbons (Fsp3) is 0.400. The highest BCUT2D eigenvalue weighted by Gasteiger charge is 2.33. The number of halogens is 3. The molecule has 0 unspecified atom stereocenters.